The summed E-state index contributed by atoms with van der Waals surface area (Å²) in [4.78, 5) is 30.9. The molecule has 2 aromatic heterocycles. The fourth-order valence-electron chi connectivity index (χ4n) is 3.17. The van der Waals surface area contributed by atoms with Crippen LogP contribution in [-0.4, -0.2) is 33.2 Å². The minimum atomic E-state index is -0.463. The van der Waals surface area contributed by atoms with Gasteiger partial charge in [-0.1, -0.05) is 0 Å². The average molecular weight is 348 g/mol. The summed E-state index contributed by atoms with van der Waals surface area (Å²) in [5, 5.41) is 3.93. The molecule has 0 aliphatic carbocycles. The molecule has 0 saturated carbocycles. The Morgan fingerprint density at radius 2 is 2.30 bits per heavy atom. The number of carbonyl (C=O) groups excluding carboxylic acids is 2. The minimum Gasteiger partial charge on any atom is -0.441 e. The predicted molar refractivity (Wildman–Crippen MR) is 89.1 cm³/mol. The second-order valence-corrected chi connectivity index (χ2v) is 7.96. The first-order valence-electron chi connectivity index (χ1n) is 7.50. The molecule has 2 aliphatic heterocycles. The highest BCUT2D eigenvalue weighted by Crippen LogP contribution is 2.45. The number of rotatable bonds is 3. The zero-order chi connectivity index (χ0) is 16.0. The van der Waals surface area contributed by atoms with Crippen molar-refractivity contribution in [2.45, 2.75) is 26.3 Å². The van der Waals surface area contributed by atoms with Crippen LogP contribution in [0, 0.1) is 12.3 Å². The summed E-state index contributed by atoms with van der Waals surface area (Å²) in [5.74, 6) is 2.80. The number of amides is 2. The van der Waals surface area contributed by atoms with E-state index in [0.29, 0.717) is 23.8 Å². The van der Waals surface area contributed by atoms with Crippen molar-refractivity contribution in [1.29, 1.82) is 0 Å². The molecule has 120 valence electrons. The molecule has 5 nitrogen and oxygen atoms in total. The molecule has 23 heavy (non-hydrogen) atoms. The van der Waals surface area contributed by atoms with E-state index in [1.165, 1.54) is 4.90 Å². The summed E-state index contributed by atoms with van der Waals surface area (Å²) < 4.78 is 5.70. The molecule has 1 atom stereocenters. The molecule has 2 fully saturated rings. The van der Waals surface area contributed by atoms with Crippen molar-refractivity contribution in [1.82, 2.24) is 9.88 Å². The molecule has 2 amide bonds. The van der Waals surface area contributed by atoms with E-state index in [4.69, 9.17) is 4.42 Å². The summed E-state index contributed by atoms with van der Waals surface area (Å²) in [7, 11) is 0. The average Bonchev–Trinajstić information content (AvgIpc) is 3.27. The molecule has 0 bridgehead atoms. The smallest absolute Gasteiger partial charge is 0.237 e. The number of aromatic nitrogens is 1. The van der Waals surface area contributed by atoms with Crippen LogP contribution in [-0.2, 0) is 16.1 Å². The fourth-order valence-corrected chi connectivity index (χ4v) is 5.24. The van der Waals surface area contributed by atoms with Crippen molar-refractivity contribution < 1.29 is 14.0 Å². The van der Waals surface area contributed by atoms with Crippen LogP contribution in [0.2, 0.25) is 0 Å². The molecule has 4 rings (SSSR count). The minimum absolute atomic E-state index is 0.0352. The van der Waals surface area contributed by atoms with Crippen LogP contribution in [0.25, 0.3) is 11.5 Å². The Kier molecular flexibility index (Phi) is 3.57. The Bertz CT molecular complexity index is 760. The second-order valence-electron chi connectivity index (χ2n) is 6.08. The quantitative estimate of drug-likeness (QED) is 0.798. The summed E-state index contributed by atoms with van der Waals surface area (Å²) >= 11 is 3.33. The molecule has 2 aliphatic rings. The lowest BCUT2D eigenvalue weighted by molar-refractivity contribution is -0.141. The lowest BCUT2D eigenvalue weighted by atomic mass is 9.86. The third-order valence-electron chi connectivity index (χ3n) is 4.56. The molecule has 7 heteroatoms. The molecule has 0 unspecified atom stereocenters. The van der Waals surface area contributed by atoms with Gasteiger partial charge in [-0.15, -0.1) is 0 Å². The third kappa shape index (κ3) is 2.42. The second kappa shape index (κ2) is 5.49. The molecule has 0 N–H and O–H groups in total. The Balaban J connectivity index is 1.59. The number of imide groups is 1. The highest BCUT2D eigenvalue weighted by atomic mass is 32.2. The molecule has 0 radical (unpaired) electrons. The van der Waals surface area contributed by atoms with Gasteiger partial charge in [0.25, 0.3) is 0 Å². The normalized spacial score (nSPS) is 24.3. The van der Waals surface area contributed by atoms with E-state index >= 15 is 0 Å². The van der Waals surface area contributed by atoms with Crippen LogP contribution in [0.4, 0.5) is 0 Å². The standard InChI is InChI=1S/C16H16N2O3S2/c1-10-12(17-14(21-10)11-2-4-22-8-11)7-18-13(19)6-16(15(18)20)3-5-23-9-16/h2,4,8H,3,5-7,9H2,1H3/t16-/m1/s1. The number of hydrogen-bond acceptors (Lipinski definition) is 6. The topological polar surface area (TPSA) is 63.4 Å². The van der Waals surface area contributed by atoms with Gasteiger partial charge in [0.1, 0.15) is 11.5 Å². The van der Waals surface area contributed by atoms with E-state index in [2.05, 4.69) is 4.98 Å². The summed E-state index contributed by atoms with van der Waals surface area (Å²) in [6.07, 6.45) is 1.14. The maximum absolute atomic E-state index is 12.7. The summed E-state index contributed by atoms with van der Waals surface area (Å²) in [6, 6.07) is 1.94. The van der Waals surface area contributed by atoms with Gasteiger partial charge < -0.3 is 4.42 Å². The number of nitrogens with zero attached hydrogens (tertiary/aromatic N) is 2. The van der Waals surface area contributed by atoms with Gasteiger partial charge in [-0.2, -0.15) is 23.1 Å². The van der Waals surface area contributed by atoms with Crippen LogP contribution < -0.4 is 0 Å². The Hall–Kier alpha value is -1.60. The number of thioether (sulfide) groups is 1. The highest BCUT2D eigenvalue weighted by Gasteiger charge is 2.53. The molecule has 1 spiro atoms. The number of thiophene rings is 1. The molecular weight excluding hydrogens is 332 g/mol. The molecule has 4 heterocycles. The van der Waals surface area contributed by atoms with Crippen LogP contribution in [0.1, 0.15) is 24.3 Å². The fraction of sp³-hybridized carbons (Fsp3) is 0.438. The van der Waals surface area contributed by atoms with Crippen molar-refractivity contribution in [3.05, 3.63) is 28.3 Å². The molecule has 0 aromatic carbocycles. The maximum atomic E-state index is 12.7. The molecular formula is C16H16N2O3S2. The number of oxazole rings is 1. The summed E-state index contributed by atoms with van der Waals surface area (Å²) in [5.41, 5.74) is 1.12. The molecule has 2 saturated heterocycles. The number of likely N-dealkylation sites (tertiary alicyclic amines) is 1. The van der Waals surface area contributed by atoms with Gasteiger partial charge in [0, 0.05) is 23.1 Å². The van der Waals surface area contributed by atoms with E-state index in [9.17, 15) is 9.59 Å². The van der Waals surface area contributed by atoms with Gasteiger partial charge in [0.15, 0.2) is 0 Å². The van der Waals surface area contributed by atoms with E-state index in [1.54, 1.807) is 23.1 Å². The predicted octanol–water partition coefficient (Wildman–Crippen LogP) is 3.09. The van der Waals surface area contributed by atoms with E-state index in [1.807, 2.05) is 23.8 Å². The van der Waals surface area contributed by atoms with Crippen LogP contribution >= 0.6 is 23.1 Å². The number of aryl methyl sites for hydroxylation is 1. The van der Waals surface area contributed by atoms with Crippen LogP contribution in [0.15, 0.2) is 21.2 Å². The van der Waals surface area contributed by atoms with Crippen molar-refractivity contribution in [3.63, 3.8) is 0 Å². The largest absolute Gasteiger partial charge is 0.441 e. The van der Waals surface area contributed by atoms with Gasteiger partial charge in [0.2, 0.25) is 17.7 Å². The Morgan fingerprint density at radius 1 is 1.43 bits per heavy atom. The highest BCUT2D eigenvalue weighted by molar-refractivity contribution is 7.99. The van der Waals surface area contributed by atoms with E-state index < -0.39 is 5.41 Å². The Labute approximate surface area is 142 Å². The zero-order valence-corrected chi connectivity index (χ0v) is 14.3. The van der Waals surface area contributed by atoms with Gasteiger partial charge in [0.05, 0.1) is 12.0 Å². The van der Waals surface area contributed by atoms with E-state index in [0.717, 1.165) is 23.5 Å². The molecule has 2 aromatic rings. The van der Waals surface area contributed by atoms with Gasteiger partial charge in [-0.3, -0.25) is 14.5 Å². The number of hydrogen-bond donors (Lipinski definition) is 0. The first-order valence-corrected chi connectivity index (χ1v) is 9.60. The van der Waals surface area contributed by atoms with Gasteiger partial charge in [-0.05, 0) is 30.5 Å². The van der Waals surface area contributed by atoms with Crippen molar-refractivity contribution in [2.24, 2.45) is 5.41 Å². The van der Waals surface area contributed by atoms with E-state index in [-0.39, 0.29) is 18.4 Å². The van der Waals surface area contributed by atoms with Crippen molar-refractivity contribution >= 4 is 34.9 Å². The lowest BCUT2D eigenvalue weighted by Gasteiger charge is -2.19. The third-order valence-corrected chi connectivity index (χ3v) is 6.49. The van der Waals surface area contributed by atoms with Crippen molar-refractivity contribution in [2.75, 3.05) is 11.5 Å². The maximum Gasteiger partial charge on any atom is 0.237 e. The summed E-state index contributed by atoms with van der Waals surface area (Å²) in [6.45, 7) is 2.04. The van der Waals surface area contributed by atoms with Gasteiger partial charge in [-0.25, -0.2) is 4.98 Å². The SMILES string of the molecule is Cc1oc(-c2ccsc2)nc1CN1C(=O)C[C@@]2(CCSC2)C1=O. The lowest BCUT2D eigenvalue weighted by Crippen LogP contribution is -2.35. The first kappa shape index (κ1) is 15.0. The first-order chi connectivity index (χ1) is 11.1. The van der Waals surface area contributed by atoms with Crippen LogP contribution in [0.3, 0.4) is 0 Å². The number of carbonyl (C=O) groups is 2. The zero-order valence-electron chi connectivity index (χ0n) is 12.7. The monoisotopic (exact) mass is 348 g/mol. The van der Waals surface area contributed by atoms with Gasteiger partial charge >= 0.3 is 0 Å². The Morgan fingerprint density at radius 3 is 3.00 bits per heavy atom. The van der Waals surface area contributed by atoms with Crippen molar-refractivity contribution in [3.8, 4) is 11.5 Å². The van der Waals surface area contributed by atoms with Crippen LogP contribution in [0.5, 0.6) is 0 Å².